The maximum Gasteiger partial charge on any atom is 0.321 e. The van der Waals surface area contributed by atoms with Crippen LogP contribution in [0.25, 0.3) is 10.7 Å². The standard InChI is InChI=1S/C19H27N5O2S2/c1-4-8-20-18(26)21-16(25)11-27-19-23-22-17(24(19)3)15-10-13-9-12(5-2)6-7-14(13)28-15/h10,12H,4-9,11H2,1-3H3,(H2,20,21,25,26)/t12-/m0/s1. The number of carbonyl (C=O) groups is 2. The van der Waals surface area contributed by atoms with E-state index in [1.54, 1.807) is 11.3 Å². The maximum absolute atomic E-state index is 11.9. The number of hydrogen-bond acceptors (Lipinski definition) is 6. The third-order valence-corrected chi connectivity index (χ3v) is 7.19. The van der Waals surface area contributed by atoms with Crippen molar-refractivity contribution in [3.05, 3.63) is 16.5 Å². The molecule has 0 radical (unpaired) electrons. The fourth-order valence-corrected chi connectivity index (χ4v) is 5.23. The Morgan fingerprint density at radius 2 is 2.18 bits per heavy atom. The van der Waals surface area contributed by atoms with E-state index in [1.165, 1.54) is 35.0 Å². The quantitative estimate of drug-likeness (QED) is 0.669. The van der Waals surface area contributed by atoms with Gasteiger partial charge in [0, 0.05) is 18.5 Å². The first-order valence-corrected chi connectivity index (χ1v) is 11.5. The van der Waals surface area contributed by atoms with E-state index in [-0.39, 0.29) is 11.7 Å². The van der Waals surface area contributed by atoms with E-state index in [0.29, 0.717) is 11.7 Å². The van der Waals surface area contributed by atoms with Gasteiger partial charge in [-0.1, -0.05) is 32.0 Å². The molecule has 0 fully saturated rings. The second-order valence-corrected chi connectivity index (χ2v) is 9.11. The largest absolute Gasteiger partial charge is 0.338 e. The van der Waals surface area contributed by atoms with Crippen LogP contribution in [0.4, 0.5) is 4.79 Å². The molecular formula is C19H27N5O2S2. The summed E-state index contributed by atoms with van der Waals surface area (Å²) in [7, 11) is 1.91. The molecule has 3 amide bonds. The Morgan fingerprint density at radius 3 is 2.93 bits per heavy atom. The number of thiophene rings is 1. The van der Waals surface area contributed by atoms with Gasteiger partial charge in [0.15, 0.2) is 11.0 Å². The lowest BCUT2D eigenvalue weighted by molar-refractivity contribution is -0.117. The van der Waals surface area contributed by atoms with Crippen LogP contribution < -0.4 is 10.6 Å². The second kappa shape index (κ2) is 9.56. The molecule has 28 heavy (non-hydrogen) atoms. The van der Waals surface area contributed by atoms with Gasteiger partial charge in [-0.25, -0.2) is 4.79 Å². The van der Waals surface area contributed by atoms with Crippen LogP contribution in [-0.4, -0.2) is 39.0 Å². The fraction of sp³-hybridized carbons (Fsp3) is 0.579. The van der Waals surface area contributed by atoms with Gasteiger partial charge in [-0.05, 0) is 43.2 Å². The van der Waals surface area contributed by atoms with E-state index < -0.39 is 6.03 Å². The van der Waals surface area contributed by atoms with Crippen LogP contribution in [0.3, 0.4) is 0 Å². The molecule has 0 saturated heterocycles. The van der Waals surface area contributed by atoms with Crippen molar-refractivity contribution in [1.82, 2.24) is 25.4 Å². The molecule has 3 rings (SSSR count). The van der Waals surface area contributed by atoms with Crippen molar-refractivity contribution in [1.29, 1.82) is 0 Å². The number of nitrogens with one attached hydrogen (secondary N) is 2. The number of thioether (sulfide) groups is 1. The maximum atomic E-state index is 11.9. The number of amides is 3. The summed E-state index contributed by atoms with van der Waals surface area (Å²) in [5.41, 5.74) is 1.45. The molecule has 2 aromatic rings. The van der Waals surface area contributed by atoms with Crippen molar-refractivity contribution in [3.8, 4) is 10.7 Å². The third-order valence-electron chi connectivity index (χ3n) is 4.94. The van der Waals surface area contributed by atoms with Crippen molar-refractivity contribution in [2.75, 3.05) is 12.3 Å². The molecule has 1 atom stereocenters. The summed E-state index contributed by atoms with van der Waals surface area (Å²) >= 11 is 3.08. The summed E-state index contributed by atoms with van der Waals surface area (Å²) in [6, 6.07) is 1.80. The number of carbonyl (C=O) groups excluding carboxylic acids is 2. The van der Waals surface area contributed by atoms with Gasteiger partial charge in [0.2, 0.25) is 5.91 Å². The number of rotatable bonds is 7. The van der Waals surface area contributed by atoms with Gasteiger partial charge >= 0.3 is 6.03 Å². The molecule has 1 aliphatic rings. The van der Waals surface area contributed by atoms with Gasteiger partial charge in [0.05, 0.1) is 10.6 Å². The highest BCUT2D eigenvalue weighted by atomic mass is 32.2. The first kappa shape index (κ1) is 20.9. The summed E-state index contributed by atoms with van der Waals surface area (Å²) in [5, 5.41) is 14.2. The lowest BCUT2D eigenvalue weighted by Gasteiger charge is -2.19. The second-order valence-electron chi connectivity index (χ2n) is 7.03. The number of fused-ring (bicyclic) bond motifs is 1. The Labute approximate surface area is 173 Å². The molecule has 1 aliphatic carbocycles. The Morgan fingerprint density at radius 1 is 1.36 bits per heavy atom. The molecule has 0 aromatic carbocycles. The lowest BCUT2D eigenvalue weighted by Crippen LogP contribution is -2.40. The van der Waals surface area contributed by atoms with Crippen molar-refractivity contribution in [2.24, 2.45) is 13.0 Å². The average molecular weight is 422 g/mol. The first-order valence-electron chi connectivity index (χ1n) is 9.73. The molecule has 7 nitrogen and oxygen atoms in total. The highest BCUT2D eigenvalue weighted by molar-refractivity contribution is 7.99. The molecule has 2 N–H and O–H groups in total. The minimum atomic E-state index is -0.458. The number of nitrogens with zero attached hydrogens (tertiary/aromatic N) is 3. The van der Waals surface area contributed by atoms with Gasteiger partial charge in [-0.3, -0.25) is 10.1 Å². The molecule has 2 heterocycles. The number of aryl methyl sites for hydroxylation is 1. The molecular weight excluding hydrogens is 394 g/mol. The summed E-state index contributed by atoms with van der Waals surface area (Å²) in [6.07, 6.45) is 5.63. The zero-order valence-corrected chi connectivity index (χ0v) is 18.2. The van der Waals surface area contributed by atoms with Crippen molar-refractivity contribution >= 4 is 35.0 Å². The summed E-state index contributed by atoms with van der Waals surface area (Å²) in [5.74, 6) is 1.38. The highest BCUT2D eigenvalue weighted by Gasteiger charge is 2.22. The van der Waals surface area contributed by atoms with Gasteiger partial charge in [0.25, 0.3) is 0 Å². The van der Waals surface area contributed by atoms with E-state index >= 15 is 0 Å². The SMILES string of the molecule is CCCNC(=O)NC(=O)CSc1nnc(-c2cc3c(s2)CC[C@H](CC)C3)n1C. The molecule has 0 unspecified atom stereocenters. The average Bonchev–Trinajstić information content (AvgIpc) is 3.26. The summed E-state index contributed by atoms with van der Waals surface area (Å²) in [4.78, 5) is 26.1. The molecule has 152 valence electrons. The van der Waals surface area contributed by atoms with Gasteiger partial charge < -0.3 is 9.88 Å². The van der Waals surface area contributed by atoms with E-state index in [1.807, 2.05) is 18.5 Å². The Hall–Kier alpha value is -1.87. The van der Waals surface area contributed by atoms with Crippen LogP contribution in [0, 0.1) is 5.92 Å². The van der Waals surface area contributed by atoms with Crippen molar-refractivity contribution < 1.29 is 9.59 Å². The van der Waals surface area contributed by atoms with Crippen LogP contribution in [0.15, 0.2) is 11.2 Å². The molecule has 0 spiro atoms. The molecule has 9 heteroatoms. The van der Waals surface area contributed by atoms with Crippen LogP contribution in [0.1, 0.15) is 43.6 Å². The third kappa shape index (κ3) is 4.94. The van der Waals surface area contributed by atoms with Gasteiger partial charge in [-0.15, -0.1) is 21.5 Å². The molecule has 0 bridgehead atoms. The van der Waals surface area contributed by atoms with Crippen LogP contribution >= 0.6 is 23.1 Å². The lowest BCUT2D eigenvalue weighted by atomic mass is 9.87. The predicted molar refractivity (Wildman–Crippen MR) is 113 cm³/mol. The minimum absolute atomic E-state index is 0.116. The van der Waals surface area contributed by atoms with Gasteiger partial charge in [0.1, 0.15) is 0 Å². The zero-order chi connectivity index (χ0) is 20.1. The van der Waals surface area contributed by atoms with Crippen LogP contribution in [0.2, 0.25) is 0 Å². The van der Waals surface area contributed by atoms with E-state index in [9.17, 15) is 9.59 Å². The molecule has 0 saturated carbocycles. The number of imide groups is 1. The number of urea groups is 1. The van der Waals surface area contributed by atoms with Crippen molar-refractivity contribution in [3.63, 3.8) is 0 Å². The van der Waals surface area contributed by atoms with E-state index in [4.69, 9.17) is 0 Å². The molecule has 0 aliphatic heterocycles. The Bertz CT molecular complexity index is 845. The molecule has 2 aromatic heterocycles. The smallest absolute Gasteiger partial charge is 0.321 e. The van der Waals surface area contributed by atoms with Crippen molar-refractivity contribution in [2.45, 2.75) is 51.1 Å². The Kier molecular flexibility index (Phi) is 7.12. The number of hydrogen-bond donors (Lipinski definition) is 2. The summed E-state index contributed by atoms with van der Waals surface area (Å²) in [6.45, 7) is 4.76. The topological polar surface area (TPSA) is 88.9 Å². The van der Waals surface area contributed by atoms with Gasteiger partial charge in [-0.2, -0.15) is 0 Å². The highest BCUT2D eigenvalue weighted by Crippen LogP contribution is 2.37. The van der Waals surface area contributed by atoms with E-state index in [0.717, 1.165) is 35.9 Å². The fourth-order valence-electron chi connectivity index (χ4n) is 3.29. The Balaban J connectivity index is 1.61. The minimum Gasteiger partial charge on any atom is -0.338 e. The first-order chi connectivity index (χ1) is 13.5. The van der Waals surface area contributed by atoms with Crippen LogP contribution in [0.5, 0.6) is 0 Å². The number of aromatic nitrogens is 3. The predicted octanol–water partition coefficient (Wildman–Crippen LogP) is 3.39. The normalized spacial score (nSPS) is 15.9. The van der Waals surface area contributed by atoms with Crippen LogP contribution in [-0.2, 0) is 24.7 Å². The zero-order valence-electron chi connectivity index (χ0n) is 16.6. The summed E-state index contributed by atoms with van der Waals surface area (Å²) < 4.78 is 1.92. The van der Waals surface area contributed by atoms with E-state index in [2.05, 4.69) is 33.8 Å². The monoisotopic (exact) mass is 421 g/mol.